The molecular weight excluding hydrogens is 338 g/mol. The summed E-state index contributed by atoms with van der Waals surface area (Å²) in [7, 11) is -3.82. The van der Waals surface area contributed by atoms with Gasteiger partial charge in [-0.3, -0.25) is 0 Å². The van der Waals surface area contributed by atoms with Crippen molar-refractivity contribution >= 4 is 38.4 Å². The van der Waals surface area contributed by atoms with Crippen molar-refractivity contribution in [3.8, 4) is 0 Å². The number of rotatable bonds is 4. The van der Waals surface area contributed by atoms with Crippen LogP contribution in [0, 0.1) is 5.82 Å². The number of hydrogen-bond acceptors (Lipinski definition) is 3. The maximum atomic E-state index is 12.9. The Kier molecular flexibility index (Phi) is 4.82. The molecule has 2 aromatic carbocycles. The maximum absolute atomic E-state index is 12.9. The normalized spacial score (nSPS) is 12.2. The van der Waals surface area contributed by atoms with Gasteiger partial charge in [-0.25, -0.2) is 4.39 Å². The molecule has 0 aromatic heterocycles. The molecule has 110 valence electrons. The molecular formula is C13H9Cl2FN2O2S. The monoisotopic (exact) mass is 346 g/mol. The molecule has 0 amide bonds. The first-order valence-corrected chi connectivity index (χ1v) is 7.89. The Hall–Kier alpha value is -1.63. The van der Waals surface area contributed by atoms with Crippen LogP contribution in [0.1, 0.15) is 5.56 Å². The lowest BCUT2D eigenvalue weighted by molar-refractivity contribution is 0.584. The van der Waals surface area contributed by atoms with Crippen LogP contribution in [-0.4, -0.2) is 13.6 Å². The SMILES string of the molecule is O=S(=O)(N/N=C(\Cl)c1ccc(F)cc1Cl)c1ccccc1. The van der Waals surface area contributed by atoms with E-state index in [0.29, 0.717) is 0 Å². The average Bonchev–Trinajstić information content (AvgIpc) is 2.46. The van der Waals surface area contributed by atoms with Crippen LogP contribution >= 0.6 is 23.2 Å². The van der Waals surface area contributed by atoms with E-state index in [9.17, 15) is 12.8 Å². The van der Waals surface area contributed by atoms with Gasteiger partial charge in [0.1, 0.15) is 5.82 Å². The largest absolute Gasteiger partial charge is 0.276 e. The topological polar surface area (TPSA) is 58.5 Å². The zero-order valence-corrected chi connectivity index (χ0v) is 12.8. The Balaban J connectivity index is 2.24. The first-order valence-electron chi connectivity index (χ1n) is 5.65. The minimum absolute atomic E-state index is 0.0302. The molecule has 0 aliphatic heterocycles. The predicted octanol–water partition coefficient (Wildman–Crippen LogP) is 3.36. The number of nitrogens with zero attached hydrogens (tertiary/aromatic N) is 1. The number of benzene rings is 2. The van der Waals surface area contributed by atoms with Gasteiger partial charge in [-0.15, -0.1) is 0 Å². The summed E-state index contributed by atoms with van der Waals surface area (Å²) < 4.78 is 36.8. The van der Waals surface area contributed by atoms with E-state index < -0.39 is 15.8 Å². The summed E-state index contributed by atoms with van der Waals surface area (Å²) >= 11 is 11.7. The third-order valence-corrected chi connectivity index (χ3v) is 4.30. The molecule has 0 unspecified atom stereocenters. The number of halogens is 3. The van der Waals surface area contributed by atoms with Gasteiger partial charge in [0.15, 0.2) is 5.17 Å². The molecule has 8 heteroatoms. The lowest BCUT2D eigenvalue weighted by Gasteiger charge is -2.05. The highest BCUT2D eigenvalue weighted by molar-refractivity contribution is 7.89. The van der Waals surface area contributed by atoms with Gasteiger partial charge >= 0.3 is 0 Å². The van der Waals surface area contributed by atoms with Crippen molar-refractivity contribution in [3.05, 3.63) is 64.9 Å². The van der Waals surface area contributed by atoms with E-state index in [0.717, 1.165) is 12.1 Å². The molecule has 0 saturated heterocycles. The van der Waals surface area contributed by atoms with Gasteiger partial charge in [-0.1, -0.05) is 41.4 Å². The Morgan fingerprint density at radius 3 is 2.43 bits per heavy atom. The van der Waals surface area contributed by atoms with Crippen LogP contribution in [0.4, 0.5) is 4.39 Å². The van der Waals surface area contributed by atoms with E-state index >= 15 is 0 Å². The molecule has 0 bridgehead atoms. The van der Waals surface area contributed by atoms with E-state index in [1.807, 2.05) is 4.83 Å². The fourth-order valence-corrected chi connectivity index (χ4v) is 2.86. The second-order valence-electron chi connectivity index (χ2n) is 3.93. The number of hydrazone groups is 1. The fourth-order valence-electron chi connectivity index (χ4n) is 1.47. The van der Waals surface area contributed by atoms with Crippen molar-refractivity contribution in [3.63, 3.8) is 0 Å². The van der Waals surface area contributed by atoms with Crippen molar-refractivity contribution in [2.45, 2.75) is 4.90 Å². The minimum Gasteiger partial charge on any atom is -0.207 e. The van der Waals surface area contributed by atoms with Gasteiger partial charge in [-0.05, 0) is 30.3 Å². The summed E-state index contributed by atoms with van der Waals surface area (Å²) in [6.45, 7) is 0. The van der Waals surface area contributed by atoms with Crippen LogP contribution in [0.5, 0.6) is 0 Å². The molecule has 0 aliphatic rings. The summed E-state index contributed by atoms with van der Waals surface area (Å²) in [5.41, 5.74) is 0.218. The van der Waals surface area contributed by atoms with Crippen LogP contribution in [0.25, 0.3) is 0 Å². The number of sulfonamides is 1. The maximum Gasteiger partial charge on any atom is 0.276 e. The number of nitrogens with one attached hydrogen (secondary N) is 1. The molecule has 0 atom stereocenters. The molecule has 2 rings (SSSR count). The smallest absolute Gasteiger partial charge is 0.207 e. The van der Waals surface area contributed by atoms with Crippen molar-refractivity contribution in [1.82, 2.24) is 4.83 Å². The van der Waals surface area contributed by atoms with E-state index in [1.54, 1.807) is 18.2 Å². The Bertz CT molecular complexity index is 780. The van der Waals surface area contributed by atoms with E-state index in [1.165, 1.54) is 18.2 Å². The first kappa shape index (κ1) is 15.8. The molecule has 1 N–H and O–H groups in total. The van der Waals surface area contributed by atoms with E-state index in [2.05, 4.69) is 5.10 Å². The van der Waals surface area contributed by atoms with Crippen molar-refractivity contribution in [1.29, 1.82) is 0 Å². The van der Waals surface area contributed by atoms with Gasteiger partial charge in [0, 0.05) is 5.56 Å². The first-order chi connectivity index (χ1) is 9.90. The molecule has 0 spiro atoms. The summed E-state index contributed by atoms with van der Waals surface area (Å²) in [6.07, 6.45) is 0. The van der Waals surface area contributed by atoms with Crippen LogP contribution in [0.15, 0.2) is 58.5 Å². The zero-order valence-electron chi connectivity index (χ0n) is 10.4. The lowest BCUT2D eigenvalue weighted by Crippen LogP contribution is -2.19. The van der Waals surface area contributed by atoms with Gasteiger partial charge in [0.05, 0.1) is 9.92 Å². The Labute approximate surface area is 131 Å². The molecule has 0 saturated carbocycles. The molecule has 0 radical (unpaired) electrons. The standard InChI is InChI=1S/C13H9Cl2FN2O2S/c14-12-8-9(16)6-7-11(12)13(15)17-18-21(19,20)10-4-2-1-3-5-10/h1-8,18H/b17-13-. The minimum atomic E-state index is -3.82. The van der Waals surface area contributed by atoms with Crippen molar-refractivity contribution in [2.75, 3.05) is 0 Å². The van der Waals surface area contributed by atoms with E-state index in [4.69, 9.17) is 23.2 Å². The molecule has 2 aromatic rings. The van der Waals surface area contributed by atoms with Crippen LogP contribution < -0.4 is 4.83 Å². The highest BCUT2D eigenvalue weighted by Gasteiger charge is 2.13. The van der Waals surface area contributed by atoms with Crippen LogP contribution in [0.2, 0.25) is 5.02 Å². The van der Waals surface area contributed by atoms with Gasteiger partial charge in [0.2, 0.25) is 0 Å². The Morgan fingerprint density at radius 1 is 1.14 bits per heavy atom. The van der Waals surface area contributed by atoms with Crippen molar-refractivity contribution in [2.24, 2.45) is 5.10 Å². The highest BCUT2D eigenvalue weighted by Crippen LogP contribution is 2.19. The van der Waals surface area contributed by atoms with Gasteiger partial charge in [-0.2, -0.15) is 18.4 Å². The van der Waals surface area contributed by atoms with E-state index in [-0.39, 0.29) is 20.7 Å². The lowest BCUT2D eigenvalue weighted by atomic mass is 10.2. The third kappa shape index (κ3) is 3.93. The predicted molar refractivity (Wildman–Crippen MR) is 80.6 cm³/mol. The number of hydrogen-bond donors (Lipinski definition) is 1. The molecule has 0 fully saturated rings. The molecule has 0 aliphatic carbocycles. The molecule has 0 heterocycles. The van der Waals surface area contributed by atoms with Crippen molar-refractivity contribution < 1.29 is 12.8 Å². The average molecular weight is 347 g/mol. The second-order valence-corrected chi connectivity index (χ2v) is 6.36. The highest BCUT2D eigenvalue weighted by atomic mass is 35.5. The van der Waals surface area contributed by atoms with Crippen LogP contribution in [-0.2, 0) is 10.0 Å². The van der Waals surface area contributed by atoms with Gasteiger partial charge in [0.25, 0.3) is 10.0 Å². The second kappa shape index (κ2) is 6.43. The quantitative estimate of drug-likeness (QED) is 0.681. The zero-order chi connectivity index (χ0) is 15.5. The summed E-state index contributed by atoms with van der Waals surface area (Å²) in [6, 6.07) is 11.2. The summed E-state index contributed by atoms with van der Waals surface area (Å²) in [5.74, 6) is -0.530. The van der Waals surface area contributed by atoms with Crippen LogP contribution in [0.3, 0.4) is 0 Å². The fraction of sp³-hybridized carbons (Fsp3) is 0. The third-order valence-electron chi connectivity index (χ3n) is 2.47. The molecule has 21 heavy (non-hydrogen) atoms. The summed E-state index contributed by atoms with van der Waals surface area (Å²) in [4.78, 5) is 2.04. The Morgan fingerprint density at radius 2 is 1.81 bits per heavy atom. The summed E-state index contributed by atoms with van der Waals surface area (Å²) in [5, 5.41) is 3.41. The molecule has 4 nitrogen and oxygen atoms in total. The van der Waals surface area contributed by atoms with Gasteiger partial charge < -0.3 is 0 Å².